The normalized spacial score (nSPS) is 20.4. The van der Waals surface area contributed by atoms with E-state index < -0.39 is 0 Å². The van der Waals surface area contributed by atoms with Crippen molar-refractivity contribution in [3.63, 3.8) is 0 Å². The lowest BCUT2D eigenvalue weighted by Crippen LogP contribution is -2.29. The predicted molar refractivity (Wildman–Crippen MR) is 176 cm³/mol. The Morgan fingerprint density at radius 1 is 1.00 bits per heavy atom. The highest BCUT2D eigenvalue weighted by molar-refractivity contribution is 7.17. The second-order valence-electron chi connectivity index (χ2n) is 11.5. The molecule has 1 aliphatic heterocycles. The van der Waals surface area contributed by atoms with Gasteiger partial charge in [0.25, 0.3) is 0 Å². The Hall–Kier alpha value is -4.48. The molecule has 5 heteroatoms. The minimum Gasteiger partial charge on any atom is -0.485 e. The molecule has 3 heterocycles. The van der Waals surface area contributed by atoms with Crippen LogP contribution in [-0.4, -0.2) is 10.7 Å². The molecule has 8 rings (SSSR count). The fraction of sp³-hybridized carbons (Fsp3) is 0.189. The molecule has 4 aliphatic rings. The third kappa shape index (κ3) is 3.59. The van der Waals surface area contributed by atoms with Crippen LogP contribution >= 0.6 is 11.3 Å². The maximum atomic E-state index is 6.51. The maximum Gasteiger partial charge on any atom is 0.128 e. The van der Waals surface area contributed by atoms with E-state index >= 15 is 0 Å². The minimum absolute atomic E-state index is 0.0637. The van der Waals surface area contributed by atoms with Crippen molar-refractivity contribution >= 4 is 34.9 Å². The van der Waals surface area contributed by atoms with E-state index in [1.165, 1.54) is 42.9 Å². The molecular weight excluding hydrogens is 534 g/mol. The molecule has 3 aliphatic carbocycles. The average molecular weight is 568 g/mol. The number of fused-ring (bicyclic) bond motifs is 8. The third-order valence-electron chi connectivity index (χ3n) is 9.18. The fourth-order valence-electron chi connectivity index (χ4n) is 7.35. The Morgan fingerprint density at radius 3 is 2.71 bits per heavy atom. The summed E-state index contributed by atoms with van der Waals surface area (Å²) in [6, 6.07) is 12.9. The summed E-state index contributed by atoms with van der Waals surface area (Å²) in [5.74, 6) is 1.20. The Balaban J connectivity index is 1.38. The van der Waals surface area contributed by atoms with Crippen molar-refractivity contribution in [2.24, 2.45) is 5.73 Å². The topological polar surface area (TPSA) is 66.2 Å². The Morgan fingerprint density at radius 2 is 1.86 bits per heavy atom. The SMILES string of the molecule is C=C/C=c1\c(=C/C)c2c(n1-c1cc(N)ccc1-c1ccc3c(c1)C1C=CC=CC1O3)CCc1c-2sc2c1CCC=C2N. The molecule has 0 amide bonds. The van der Waals surface area contributed by atoms with E-state index in [0.29, 0.717) is 0 Å². The standard InChI is InChI=1S/C37H33N3OS/c1-3-8-30-23(4-2)35-31(17-16-27-26-10-7-11-29(39)36(26)42-37(27)35)40(30)32-20-22(38)14-15-24(32)21-13-18-34-28(19-21)25-9-5-6-12-33(25)41-34/h3-6,8-9,11-15,18-20,25,33H,1,7,10,16-17,38-39H2,2H3/b23-4+,30-8+. The molecule has 2 aromatic heterocycles. The van der Waals surface area contributed by atoms with E-state index in [2.05, 4.69) is 90.9 Å². The molecule has 2 atom stereocenters. The molecule has 4 N–H and O–H groups in total. The second kappa shape index (κ2) is 9.53. The zero-order valence-electron chi connectivity index (χ0n) is 23.7. The molecule has 2 unspecified atom stereocenters. The van der Waals surface area contributed by atoms with Gasteiger partial charge in [0, 0.05) is 49.8 Å². The van der Waals surface area contributed by atoms with Gasteiger partial charge in [-0.05, 0) is 85.7 Å². The summed E-state index contributed by atoms with van der Waals surface area (Å²) in [6.45, 7) is 6.24. The monoisotopic (exact) mass is 567 g/mol. The van der Waals surface area contributed by atoms with Crippen molar-refractivity contribution in [3.05, 3.63) is 117 Å². The lowest BCUT2D eigenvalue weighted by atomic mass is 9.88. The highest BCUT2D eigenvalue weighted by atomic mass is 32.1. The van der Waals surface area contributed by atoms with Crippen molar-refractivity contribution in [1.82, 2.24) is 4.57 Å². The van der Waals surface area contributed by atoms with Crippen molar-refractivity contribution in [2.75, 3.05) is 5.73 Å². The van der Waals surface area contributed by atoms with Gasteiger partial charge in [0.1, 0.15) is 11.9 Å². The number of nitrogen functional groups attached to an aromatic ring is 1. The van der Waals surface area contributed by atoms with E-state index in [1.807, 2.05) is 23.5 Å². The van der Waals surface area contributed by atoms with Gasteiger partial charge in [0.2, 0.25) is 0 Å². The van der Waals surface area contributed by atoms with E-state index in [4.69, 9.17) is 16.2 Å². The number of rotatable bonds is 3. The number of hydrogen-bond acceptors (Lipinski definition) is 4. The summed E-state index contributed by atoms with van der Waals surface area (Å²) >= 11 is 1.86. The van der Waals surface area contributed by atoms with Crippen LogP contribution in [0.4, 0.5) is 5.69 Å². The van der Waals surface area contributed by atoms with Gasteiger partial charge in [-0.15, -0.1) is 11.3 Å². The van der Waals surface area contributed by atoms with Crippen LogP contribution in [0.2, 0.25) is 0 Å². The first-order valence-electron chi connectivity index (χ1n) is 14.8. The molecule has 0 fully saturated rings. The molecule has 208 valence electrons. The summed E-state index contributed by atoms with van der Waals surface area (Å²) < 4.78 is 8.70. The smallest absolute Gasteiger partial charge is 0.128 e. The molecule has 0 saturated heterocycles. The molecule has 0 bridgehead atoms. The highest BCUT2D eigenvalue weighted by Crippen LogP contribution is 2.46. The van der Waals surface area contributed by atoms with Crippen LogP contribution in [0.15, 0.2) is 79.4 Å². The third-order valence-corrected chi connectivity index (χ3v) is 10.5. The van der Waals surface area contributed by atoms with Crippen molar-refractivity contribution in [2.45, 2.75) is 44.6 Å². The van der Waals surface area contributed by atoms with Crippen LogP contribution in [0, 0.1) is 0 Å². The first kappa shape index (κ1) is 25.2. The predicted octanol–water partition coefficient (Wildman–Crippen LogP) is 6.54. The quantitative estimate of drug-likeness (QED) is 0.277. The van der Waals surface area contributed by atoms with Crippen LogP contribution in [0.3, 0.4) is 0 Å². The molecule has 42 heavy (non-hydrogen) atoms. The van der Waals surface area contributed by atoms with Crippen LogP contribution in [-0.2, 0) is 19.3 Å². The maximum absolute atomic E-state index is 6.51. The largest absolute Gasteiger partial charge is 0.485 e. The number of hydrogen-bond donors (Lipinski definition) is 2. The zero-order valence-corrected chi connectivity index (χ0v) is 24.5. The molecule has 4 nitrogen and oxygen atoms in total. The fourth-order valence-corrected chi connectivity index (χ4v) is 8.79. The number of nitrogens with two attached hydrogens (primary N) is 2. The Kier molecular flexibility index (Phi) is 5.73. The number of nitrogens with zero attached hydrogens (tertiary/aromatic N) is 1. The van der Waals surface area contributed by atoms with E-state index in [0.717, 1.165) is 65.0 Å². The number of allylic oxidation sites excluding steroid dienone is 4. The van der Waals surface area contributed by atoms with Gasteiger partial charge in [-0.2, -0.15) is 0 Å². The number of benzene rings is 2. The molecule has 4 aromatic rings. The van der Waals surface area contributed by atoms with Gasteiger partial charge < -0.3 is 20.8 Å². The van der Waals surface area contributed by atoms with Crippen LogP contribution in [0.5, 0.6) is 5.75 Å². The van der Waals surface area contributed by atoms with Crippen molar-refractivity contribution < 1.29 is 4.74 Å². The van der Waals surface area contributed by atoms with Crippen LogP contribution < -0.4 is 26.8 Å². The summed E-state index contributed by atoms with van der Waals surface area (Å²) in [6.07, 6.45) is 21.2. The van der Waals surface area contributed by atoms with E-state index in [1.54, 1.807) is 0 Å². The first-order chi connectivity index (χ1) is 20.6. The molecule has 2 aromatic carbocycles. The number of thiophene rings is 1. The van der Waals surface area contributed by atoms with Crippen LogP contribution in [0.25, 0.3) is 45.1 Å². The molecule has 0 radical (unpaired) electrons. The Labute approximate surface area is 249 Å². The summed E-state index contributed by atoms with van der Waals surface area (Å²) in [7, 11) is 0. The summed E-state index contributed by atoms with van der Waals surface area (Å²) in [5, 5.41) is 2.38. The number of ether oxygens (including phenoxy) is 1. The Bertz CT molecular complexity index is 2030. The molecule has 0 saturated carbocycles. The average Bonchev–Trinajstić information content (AvgIpc) is 3.67. The van der Waals surface area contributed by atoms with Crippen molar-refractivity contribution in [1.29, 1.82) is 0 Å². The summed E-state index contributed by atoms with van der Waals surface area (Å²) in [5.41, 5.74) is 24.9. The lowest BCUT2D eigenvalue weighted by Gasteiger charge is -2.21. The highest BCUT2D eigenvalue weighted by Gasteiger charge is 2.33. The molecule has 0 spiro atoms. The van der Waals surface area contributed by atoms with Gasteiger partial charge >= 0.3 is 0 Å². The number of anilines is 1. The molecular formula is C37H33N3OS. The van der Waals surface area contributed by atoms with E-state index in [9.17, 15) is 0 Å². The van der Waals surface area contributed by atoms with Gasteiger partial charge in [-0.1, -0.05) is 55.2 Å². The second-order valence-corrected chi connectivity index (χ2v) is 12.5. The minimum atomic E-state index is 0.0637. The van der Waals surface area contributed by atoms with Gasteiger partial charge in [-0.3, -0.25) is 0 Å². The van der Waals surface area contributed by atoms with Crippen LogP contribution in [0.1, 0.15) is 46.5 Å². The lowest BCUT2D eigenvalue weighted by molar-refractivity contribution is 0.269. The van der Waals surface area contributed by atoms with Gasteiger partial charge in [0.15, 0.2) is 0 Å². The number of aromatic nitrogens is 1. The summed E-state index contributed by atoms with van der Waals surface area (Å²) in [4.78, 5) is 2.63. The first-order valence-corrected chi connectivity index (χ1v) is 15.6. The van der Waals surface area contributed by atoms with E-state index in [-0.39, 0.29) is 12.0 Å². The van der Waals surface area contributed by atoms with Gasteiger partial charge in [0.05, 0.1) is 15.9 Å². The zero-order chi connectivity index (χ0) is 28.5. The van der Waals surface area contributed by atoms with Crippen molar-refractivity contribution in [3.8, 4) is 33.0 Å². The van der Waals surface area contributed by atoms with Gasteiger partial charge in [-0.25, -0.2) is 0 Å².